The third-order valence-corrected chi connectivity index (χ3v) is 8.40. The Bertz CT molecular complexity index is 1430. The molecule has 1 aromatic carbocycles. The molecule has 7 heteroatoms. The molecule has 0 saturated carbocycles. The van der Waals surface area contributed by atoms with Crippen LogP contribution in [0.1, 0.15) is 61.3 Å². The molecule has 7 nitrogen and oxygen atoms in total. The summed E-state index contributed by atoms with van der Waals surface area (Å²) in [5, 5.41) is 12.0. The van der Waals surface area contributed by atoms with Crippen LogP contribution in [0, 0.1) is 12.8 Å². The van der Waals surface area contributed by atoms with Crippen LogP contribution in [0.4, 0.5) is 0 Å². The number of pyridine rings is 2. The van der Waals surface area contributed by atoms with E-state index >= 15 is 0 Å². The Hall–Kier alpha value is -2.87. The maximum absolute atomic E-state index is 6.13. The maximum atomic E-state index is 6.13. The Balaban J connectivity index is 1.48. The minimum atomic E-state index is 0.0137. The standard InChI is InChI=1S/C30H35N5O2/c1-19-12-22(5-8-32-19)29-25-14-23-18-33-35(28-4-2-3-9-37-28)27(23)15-24(25)26(13-20-16-31-17-20)34-30(29)21-6-10-36-11-7-21/h5,8,12,14-15,18,20-21,28,31H,2-4,6-7,9-11,13,16-17H2,1H3. The van der Waals surface area contributed by atoms with Crippen molar-refractivity contribution in [2.24, 2.45) is 5.92 Å². The van der Waals surface area contributed by atoms with Gasteiger partial charge in [0.15, 0.2) is 6.23 Å². The smallest absolute Gasteiger partial charge is 0.150 e. The van der Waals surface area contributed by atoms with Crippen molar-refractivity contribution >= 4 is 21.7 Å². The van der Waals surface area contributed by atoms with Gasteiger partial charge in [0.1, 0.15) is 0 Å². The summed E-state index contributed by atoms with van der Waals surface area (Å²) < 4.78 is 14.0. The molecule has 7 rings (SSSR count). The highest BCUT2D eigenvalue weighted by Crippen LogP contribution is 2.42. The second-order valence-electron chi connectivity index (χ2n) is 11.0. The van der Waals surface area contributed by atoms with Crippen LogP contribution >= 0.6 is 0 Å². The van der Waals surface area contributed by atoms with Gasteiger partial charge in [-0.1, -0.05) is 0 Å². The van der Waals surface area contributed by atoms with Crippen LogP contribution in [0.5, 0.6) is 0 Å². The lowest BCUT2D eigenvalue weighted by Gasteiger charge is -2.29. The zero-order valence-electron chi connectivity index (χ0n) is 21.6. The monoisotopic (exact) mass is 497 g/mol. The topological polar surface area (TPSA) is 74.1 Å². The van der Waals surface area contributed by atoms with Crippen LogP contribution in [-0.2, 0) is 15.9 Å². The van der Waals surface area contributed by atoms with Crippen LogP contribution in [0.25, 0.3) is 32.8 Å². The van der Waals surface area contributed by atoms with Gasteiger partial charge < -0.3 is 14.8 Å². The minimum Gasteiger partial charge on any atom is -0.381 e. The molecule has 3 saturated heterocycles. The van der Waals surface area contributed by atoms with Gasteiger partial charge in [0, 0.05) is 59.7 Å². The van der Waals surface area contributed by atoms with E-state index in [1.807, 2.05) is 12.4 Å². The Morgan fingerprint density at radius 2 is 1.92 bits per heavy atom. The molecule has 0 bridgehead atoms. The number of hydrogen-bond donors (Lipinski definition) is 1. The molecule has 192 valence electrons. The fourth-order valence-electron chi connectivity index (χ4n) is 6.28. The van der Waals surface area contributed by atoms with Crippen LogP contribution in [0.2, 0.25) is 0 Å². The molecule has 3 fully saturated rings. The fourth-order valence-corrected chi connectivity index (χ4v) is 6.28. The molecule has 3 aliphatic heterocycles. The van der Waals surface area contributed by atoms with Crippen molar-refractivity contribution in [3.63, 3.8) is 0 Å². The van der Waals surface area contributed by atoms with Crippen molar-refractivity contribution in [1.82, 2.24) is 25.1 Å². The van der Waals surface area contributed by atoms with Crippen molar-refractivity contribution in [3.8, 4) is 11.1 Å². The summed E-state index contributed by atoms with van der Waals surface area (Å²) in [6.45, 7) is 6.61. The Morgan fingerprint density at radius 3 is 2.68 bits per heavy atom. The van der Waals surface area contributed by atoms with Crippen molar-refractivity contribution in [2.75, 3.05) is 32.9 Å². The summed E-state index contributed by atoms with van der Waals surface area (Å²) in [5.41, 5.74) is 7.07. The largest absolute Gasteiger partial charge is 0.381 e. The number of nitrogens with zero attached hydrogens (tertiary/aromatic N) is 4. The van der Waals surface area contributed by atoms with Crippen LogP contribution in [0.15, 0.2) is 36.7 Å². The lowest BCUT2D eigenvalue weighted by molar-refractivity contribution is -0.0366. The molecular weight excluding hydrogens is 462 g/mol. The van der Waals surface area contributed by atoms with Gasteiger partial charge in [-0.05, 0) is 99.7 Å². The number of ether oxygens (including phenoxy) is 2. The highest BCUT2D eigenvalue weighted by molar-refractivity contribution is 6.05. The second-order valence-corrected chi connectivity index (χ2v) is 11.0. The van der Waals surface area contributed by atoms with E-state index in [0.29, 0.717) is 11.8 Å². The molecule has 0 amide bonds. The Morgan fingerprint density at radius 1 is 1.03 bits per heavy atom. The van der Waals surface area contributed by atoms with Gasteiger partial charge >= 0.3 is 0 Å². The van der Waals surface area contributed by atoms with Crippen molar-refractivity contribution < 1.29 is 9.47 Å². The van der Waals surface area contributed by atoms with Crippen LogP contribution in [0.3, 0.4) is 0 Å². The zero-order chi connectivity index (χ0) is 24.8. The third-order valence-electron chi connectivity index (χ3n) is 8.40. The van der Waals surface area contributed by atoms with E-state index in [9.17, 15) is 0 Å². The van der Waals surface area contributed by atoms with E-state index in [-0.39, 0.29) is 6.23 Å². The molecule has 1 unspecified atom stereocenters. The predicted molar refractivity (Wildman–Crippen MR) is 145 cm³/mol. The molecule has 0 radical (unpaired) electrons. The number of aryl methyl sites for hydroxylation is 1. The first-order chi connectivity index (χ1) is 18.2. The Kier molecular flexibility index (Phi) is 6.15. The van der Waals surface area contributed by atoms with E-state index in [0.717, 1.165) is 81.6 Å². The van der Waals surface area contributed by atoms with Crippen molar-refractivity contribution in [2.45, 2.75) is 57.6 Å². The molecule has 6 heterocycles. The molecule has 37 heavy (non-hydrogen) atoms. The van der Waals surface area contributed by atoms with Gasteiger partial charge in [0.2, 0.25) is 0 Å². The Labute approximate surface area is 217 Å². The van der Waals surface area contributed by atoms with E-state index < -0.39 is 0 Å². The van der Waals surface area contributed by atoms with Gasteiger partial charge in [-0.3, -0.25) is 9.97 Å². The first-order valence-electron chi connectivity index (χ1n) is 13.9. The van der Waals surface area contributed by atoms with Gasteiger partial charge in [-0.25, -0.2) is 4.68 Å². The van der Waals surface area contributed by atoms with Gasteiger partial charge in [0.05, 0.1) is 17.4 Å². The minimum absolute atomic E-state index is 0.0137. The second kappa shape index (κ2) is 9.78. The van der Waals surface area contributed by atoms with E-state index in [4.69, 9.17) is 19.6 Å². The number of nitrogens with one attached hydrogen (secondary N) is 1. The van der Waals surface area contributed by atoms with E-state index in [2.05, 4.69) is 46.2 Å². The summed E-state index contributed by atoms with van der Waals surface area (Å²) in [7, 11) is 0. The third kappa shape index (κ3) is 4.33. The highest BCUT2D eigenvalue weighted by Gasteiger charge is 2.28. The normalized spacial score (nSPS) is 21.5. The quantitative estimate of drug-likeness (QED) is 0.403. The van der Waals surface area contributed by atoms with E-state index in [1.54, 1.807) is 0 Å². The fraction of sp³-hybridized carbons (Fsp3) is 0.500. The van der Waals surface area contributed by atoms with Gasteiger partial charge in [-0.2, -0.15) is 5.10 Å². The summed E-state index contributed by atoms with van der Waals surface area (Å²) >= 11 is 0. The first kappa shape index (κ1) is 23.3. The van der Waals surface area contributed by atoms with E-state index in [1.165, 1.54) is 39.7 Å². The summed E-state index contributed by atoms with van der Waals surface area (Å²) in [6, 6.07) is 9.05. The average molecular weight is 498 g/mol. The predicted octanol–water partition coefficient (Wildman–Crippen LogP) is 5.31. The van der Waals surface area contributed by atoms with Crippen molar-refractivity contribution in [1.29, 1.82) is 0 Å². The molecule has 0 spiro atoms. The number of hydrogen-bond acceptors (Lipinski definition) is 6. The zero-order valence-corrected chi connectivity index (χ0v) is 21.6. The van der Waals surface area contributed by atoms with Gasteiger partial charge in [-0.15, -0.1) is 0 Å². The molecule has 1 N–H and O–H groups in total. The number of rotatable bonds is 5. The lowest BCUT2D eigenvalue weighted by atomic mass is 9.85. The highest BCUT2D eigenvalue weighted by atomic mass is 16.5. The molecule has 4 aromatic rings. The van der Waals surface area contributed by atoms with Crippen molar-refractivity contribution in [3.05, 3.63) is 53.7 Å². The average Bonchev–Trinajstić information content (AvgIpc) is 3.33. The number of fused-ring (bicyclic) bond motifs is 2. The molecule has 1 atom stereocenters. The summed E-state index contributed by atoms with van der Waals surface area (Å²) in [5.74, 6) is 1.03. The lowest BCUT2D eigenvalue weighted by Crippen LogP contribution is -2.43. The molecule has 3 aliphatic rings. The SMILES string of the molecule is Cc1cc(-c2c(C3CCOCC3)nc(CC3CNC3)c3cc4c(cnn4C4CCCCO4)cc23)ccn1. The molecule has 0 aliphatic carbocycles. The summed E-state index contributed by atoms with van der Waals surface area (Å²) in [4.78, 5) is 10.0. The van der Waals surface area contributed by atoms with Crippen LogP contribution < -0.4 is 5.32 Å². The molecule has 3 aromatic heterocycles. The first-order valence-corrected chi connectivity index (χ1v) is 13.9. The maximum Gasteiger partial charge on any atom is 0.150 e. The summed E-state index contributed by atoms with van der Waals surface area (Å²) in [6.07, 6.45) is 10.3. The number of aromatic nitrogens is 4. The molecular formula is C30H35N5O2. The van der Waals surface area contributed by atoms with Crippen LogP contribution in [-0.4, -0.2) is 52.7 Å². The number of benzene rings is 1. The van der Waals surface area contributed by atoms with Gasteiger partial charge in [0.25, 0.3) is 0 Å².